The summed E-state index contributed by atoms with van der Waals surface area (Å²) < 4.78 is 14.5. The lowest BCUT2D eigenvalue weighted by atomic mass is 10.5. The van der Waals surface area contributed by atoms with Gasteiger partial charge in [0.2, 0.25) is 17.7 Å². The molecule has 0 spiro atoms. The van der Waals surface area contributed by atoms with Crippen LogP contribution in [0.1, 0.15) is 0 Å². The number of nitrogens with one attached hydrogen (secondary N) is 1. The maximum absolute atomic E-state index is 11.2. The van der Waals surface area contributed by atoms with Crippen LogP contribution >= 0.6 is 0 Å². The molecule has 0 aromatic carbocycles. The van der Waals surface area contributed by atoms with Crippen molar-refractivity contribution in [2.75, 3.05) is 33.3 Å². The highest BCUT2D eigenvalue weighted by Crippen LogP contribution is 2.16. The molecule has 1 N–H and O–H groups in total. The maximum Gasteiger partial charge on any atom is 0.252 e. The summed E-state index contributed by atoms with van der Waals surface area (Å²) in [6, 6.07) is 1.51. The fraction of sp³-hybridized carbons (Fsp3) is 0.444. The first-order chi connectivity index (χ1) is 7.69. The number of hydrogen-bond acceptors (Lipinski definition) is 6. The topological polar surface area (TPSA) is 82.6 Å². The lowest BCUT2D eigenvalue weighted by Crippen LogP contribution is -2.19. The molecule has 0 saturated heterocycles. The van der Waals surface area contributed by atoms with Crippen LogP contribution in [0.3, 0.4) is 0 Å². The second-order valence-corrected chi connectivity index (χ2v) is 2.76. The third-order valence-corrected chi connectivity index (χ3v) is 1.62. The molecule has 7 heteroatoms. The third kappa shape index (κ3) is 3.35. The summed E-state index contributed by atoms with van der Waals surface area (Å²) in [4.78, 5) is 19.1. The number of aromatic nitrogens is 2. The van der Waals surface area contributed by atoms with Crippen LogP contribution < -0.4 is 14.8 Å². The largest absolute Gasteiger partial charge is 0.481 e. The second-order valence-electron chi connectivity index (χ2n) is 2.76. The van der Waals surface area contributed by atoms with E-state index in [9.17, 15) is 4.79 Å². The van der Waals surface area contributed by atoms with Crippen molar-refractivity contribution in [2.45, 2.75) is 0 Å². The van der Waals surface area contributed by atoms with Gasteiger partial charge in [0.05, 0.1) is 20.3 Å². The summed E-state index contributed by atoms with van der Waals surface area (Å²) in [7, 11) is 4.34. The highest BCUT2D eigenvalue weighted by atomic mass is 16.5. The molecule has 0 fully saturated rings. The number of ether oxygens (including phenoxy) is 3. The molecule has 7 nitrogen and oxygen atoms in total. The average Bonchev–Trinajstić information content (AvgIpc) is 2.28. The number of anilines is 1. The van der Waals surface area contributed by atoms with Crippen molar-refractivity contribution in [3.63, 3.8) is 0 Å². The van der Waals surface area contributed by atoms with Crippen LogP contribution in [0.25, 0.3) is 0 Å². The number of amides is 1. The van der Waals surface area contributed by atoms with Gasteiger partial charge >= 0.3 is 0 Å². The van der Waals surface area contributed by atoms with Gasteiger partial charge < -0.3 is 14.2 Å². The number of nitrogens with zero attached hydrogens (tertiary/aromatic N) is 2. The van der Waals surface area contributed by atoms with Gasteiger partial charge in [-0.2, -0.15) is 9.97 Å². The van der Waals surface area contributed by atoms with Gasteiger partial charge in [0.25, 0.3) is 5.91 Å². The highest BCUT2D eigenvalue weighted by Gasteiger charge is 2.08. The van der Waals surface area contributed by atoms with Crippen LogP contribution in [0, 0.1) is 0 Å². The molecule has 0 radical (unpaired) electrons. The molecular weight excluding hydrogens is 214 g/mol. The number of carbonyl (C=O) groups is 1. The van der Waals surface area contributed by atoms with E-state index in [0.717, 1.165) is 0 Å². The van der Waals surface area contributed by atoms with Gasteiger partial charge in [-0.15, -0.1) is 0 Å². The van der Waals surface area contributed by atoms with E-state index in [1.807, 2.05) is 0 Å². The molecule has 0 aliphatic heterocycles. The van der Waals surface area contributed by atoms with Gasteiger partial charge in [0.1, 0.15) is 6.61 Å². The van der Waals surface area contributed by atoms with Crippen molar-refractivity contribution < 1.29 is 19.0 Å². The number of methoxy groups -OCH3 is 3. The molecule has 0 bridgehead atoms. The molecule has 1 heterocycles. The van der Waals surface area contributed by atoms with E-state index in [2.05, 4.69) is 20.0 Å². The summed E-state index contributed by atoms with van der Waals surface area (Å²) >= 11 is 0. The minimum absolute atomic E-state index is 0.0666. The van der Waals surface area contributed by atoms with Crippen molar-refractivity contribution in [1.29, 1.82) is 0 Å². The minimum Gasteiger partial charge on any atom is -0.481 e. The summed E-state index contributed by atoms with van der Waals surface area (Å²) in [6.45, 7) is -0.0666. The molecule has 1 aromatic rings. The van der Waals surface area contributed by atoms with Crippen molar-refractivity contribution in [1.82, 2.24) is 9.97 Å². The maximum atomic E-state index is 11.2. The smallest absolute Gasteiger partial charge is 0.252 e. The summed E-state index contributed by atoms with van der Waals surface area (Å²) in [5.74, 6) is 0.371. The molecule has 88 valence electrons. The number of rotatable bonds is 5. The van der Waals surface area contributed by atoms with Crippen LogP contribution in [0.5, 0.6) is 11.8 Å². The first kappa shape index (κ1) is 12.2. The Balaban J connectivity index is 2.82. The Bertz CT molecular complexity index is 348. The van der Waals surface area contributed by atoms with E-state index in [1.165, 1.54) is 27.4 Å². The average molecular weight is 227 g/mol. The Morgan fingerprint density at radius 3 is 2.25 bits per heavy atom. The van der Waals surface area contributed by atoms with E-state index >= 15 is 0 Å². The van der Waals surface area contributed by atoms with Gasteiger partial charge in [-0.3, -0.25) is 10.1 Å². The van der Waals surface area contributed by atoms with Crippen LogP contribution in [-0.2, 0) is 9.53 Å². The fourth-order valence-corrected chi connectivity index (χ4v) is 0.961. The number of carbonyl (C=O) groups excluding carboxylic acids is 1. The zero-order valence-corrected chi connectivity index (χ0v) is 9.31. The van der Waals surface area contributed by atoms with Crippen molar-refractivity contribution in [3.8, 4) is 11.8 Å². The first-order valence-corrected chi connectivity index (χ1v) is 4.45. The fourth-order valence-electron chi connectivity index (χ4n) is 0.961. The normalized spacial score (nSPS) is 9.69. The first-order valence-electron chi connectivity index (χ1n) is 4.45. The van der Waals surface area contributed by atoms with Gasteiger partial charge in [-0.25, -0.2) is 0 Å². The van der Waals surface area contributed by atoms with E-state index in [4.69, 9.17) is 9.47 Å². The van der Waals surface area contributed by atoms with E-state index in [0.29, 0.717) is 11.8 Å². The zero-order valence-electron chi connectivity index (χ0n) is 9.31. The molecule has 0 aliphatic carbocycles. The van der Waals surface area contributed by atoms with Crippen LogP contribution in [0.2, 0.25) is 0 Å². The summed E-state index contributed by atoms with van der Waals surface area (Å²) in [6.07, 6.45) is 0. The predicted molar refractivity (Wildman–Crippen MR) is 55.6 cm³/mol. The Hall–Kier alpha value is -1.89. The van der Waals surface area contributed by atoms with Crippen LogP contribution in [-0.4, -0.2) is 43.8 Å². The highest BCUT2D eigenvalue weighted by molar-refractivity contribution is 5.90. The molecule has 1 aromatic heterocycles. The van der Waals surface area contributed by atoms with Crippen molar-refractivity contribution in [2.24, 2.45) is 0 Å². The molecule has 1 rings (SSSR count). The Kier molecular flexibility index (Phi) is 4.46. The van der Waals surface area contributed by atoms with Gasteiger partial charge in [-0.05, 0) is 0 Å². The van der Waals surface area contributed by atoms with E-state index < -0.39 is 0 Å². The molecular formula is C9H13N3O4. The summed E-state index contributed by atoms with van der Waals surface area (Å²) in [5.41, 5.74) is 0. The Labute approximate surface area is 92.7 Å². The number of hydrogen-bond donors (Lipinski definition) is 1. The molecule has 16 heavy (non-hydrogen) atoms. The van der Waals surface area contributed by atoms with E-state index in [1.54, 1.807) is 0 Å². The lowest BCUT2D eigenvalue weighted by molar-refractivity contribution is -0.119. The van der Waals surface area contributed by atoms with Gasteiger partial charge in [0.15, 0.2) is 0 Å². The zero-order chi connectivity index (χ0) is 12.0. The van der Waals surface area contributed by atoms with Crippen molar-refractivity contribution in [3.05, 3.63) is 6.07 Å². The van der Waals surface area contributed by atoms with Gasteiger partial charge in [0, 0.05) is 7.11 Å². The molecule has 0 atom stereocenters. The van der Waals surface area contributed by atoms with E-state index in [-0.39, 0.29) is 18.5 Å². The Morgan fingerprint density at radius 1 is 1.25 bits per heavy atom. The SMILES string of the molecule is COCC(=O)Nc1nc(OC)cc(OC)n1. The molecule has 0 aliphatic rings. The standard InChI is InChI=1S/C9H13N3O4/c1-14-5-6(13)10-9-11-7(15-2)4-8(12-9)16-3/h4H,5H2,1-3H3,(H,10,11,12,13). The minimum atomic E-state index is -0.349. The third-order valence-electron chi connectivity index (χ3n) is 1.62. The quantitative estimate of drug-likeness (QED) is 0.767. The predicted octanol–water partition coefficient (Wildman–Crippen LogP) is 0.0787. The van der Waals surface area contributed by atoms with Crippen molar-refractivity contribution >= 4 is 11.9 Å². The van der Waals surface area contributed by atoms with Gasteiger partial charge in [-0.1, -0.05) is 0 Å². The second kappa shape index (κ2) is 5.86. The lowest BCUT2D eigenvalue weighted by Gasteiger charge is -2.06. The summed E-state index contributed by atoms with van der Waals surface area (Å²) in [5, 5.41) is 2.45. The molecule has 1 amide bonds. The van der Waals surface area contributed by atoms with Crippen LogP contribution in [0.15, 0.2) is 6.07 Å². The monoisotopic (exact) mass is 227 g/mol. The molecule has 0 unspecified atom stereocenters. The Morgan fingerprint density at radius 2 is 1.81 bits per heavy atom. The molecule has 0 saturated carbocycles. The van der Waals surface area contributed by atoms with Crippen LogP contribution in [0.4, 0.5) is 5.95 Å².